The highest BCUT2D eigenvalue weighted by Crippen LogP contribution is 2.27. The van der Waals surface area contributed by atoms with Crippen molar-refractivity contribution in [2.45, 2.75) is 12.6 Å². The molecular formula is C12H15BrN2S2. The van der Waals surface area contributed by atoms with Crippen LogP contribution in [0.4, 0.5) is 0 Å². The number of nitrogens with two attached hydrogens (primary N) is 1. The van der Waals surface area contributed by atoms with Crippen LogP contribution in [0.5, 0.6) is 0 Å². The van der Waals surface area contributed by atoms with E-state index < -0.39 is 0 Å². The van der Waals surface area contributed by atoms with Crippen LogP contribution in [0.15, 0.2) is 33.4 Å². The average molecular weight is 331 g/mol. The van der Waals surface area contributed by atoms with Crippen LogP contribution in [0, 0.1) is 0 Å². The van der Waals surface area contributed by atoms with Gasteiger partial charge < -0.3 is 5.73 Å². The van der Waals surface area contributed by atoms with E-state index in [-0.39, 0.29) is 0 Å². The number of nitrogens with zero attached hydrogens (tertiary/aromatic N) is 1. The number of hydrogen-bond donors (Lipinski definition) is 1. The Hall–Kier alpha value is -0.200. The van der Waals surface area contributed by atoms with Gasteiger partial charge in [-0.1, -0.05) is 6.07 Å². The highest BCUT2D eigenvalue weighted by Gasteiger charge is 2.16. The first-order valence-corrected chi connectivity index (χ1v) is 7.92. The first kappa shape index (κ1) is 13.2. The summed E-state index contributed by atoms with van der Waals surface area (Å²) in [6.07, 6.45) is 0. The van der Waals surface area contributed by atoms with Gasteiger partial charge in [0.05, 0.1) is 6.04 Å². The zero-order chi connectivity index (χ0) is 12.3. The van der Waals surface area contributed by atoms with Gasteiger partial charge in [-0.05, 0) is 40.5 Å². The lowest BCUT2D eigenvalue weighted by Crippen LogP contribution is -2.29. The molecule has 0 spiro atoms. The Balaban J connectivity index is 2.05. The maximum Gasteiger partial charge on any atom is 0.0564 e. The second-order valence-electron chi connectivity index (χ2n) is 3.91. The molecule has 17 heavy (non-hydrogen) atoms. The summed E-state index contributed by atoms with van der Waals surface area (Å²) in [7, 11) is 2.13. The maximum atomic E-state index is 5.88. The lowest BCUT2D eigenvalue weighted by Gasteiger charge is -2.25. The summed E-state index contributed by atoms with van der Waals surface area (Å²) in [6, 6.07) is 6.72. The summed E-state index contributed by atoms with van der Waals surface area (Å²) in [4.78, 5) is 5.00. The largest absolute Gasteiger partial charge is 0.329 e. The second-order valence-corrected chi connectivity index (χ2v) is 6.80. The van der Waals surface area contributed by atoms with Crippen molar-refractivity contribution >= 4 is 38.6 Å². The molecule has 2 N–H and O–H groups in total. The highest BCUT2D eigenvalue weighted by atomic mass is 79.9. The van der Waals surface area contributed by atoms with Gasteiger partial charge in [0.15, 0.2) is 0 Å². The minimum Gasteiger partial charge on any atom is -0.329 e. The lowest BCUT2D eigenvalue weighted by molar-refractivity contribution is 0.247. The fourth-order valence-corrected chi connectivity index (χ4v) is 4.20. The average Bonchev–Trinajstić information content (AvgIpc) is 2.92. The van der Waals surface area contributed by atoms with Gasteiger partial charge in [-0.2, -0.15) is 0 Å². The summed E-state index contributed by atoms with van der Waals surface area (Å²) in [5.41, 5.74) is 5.88. The fourth-order valence-electron chi connectivity index (χ4n) is 1.79. The third kappa shape index (κ3) is 3.39. The minimum absolute atomic E-state index is 0.316. The van der Waals surface area contributed by atoms with Crippen molar-refractivity contribution in [3.05, 3.63) is 43.2 Å². The number of rotatable bonds is 5. The van der Waals surface area contributed by atoms with E-state index in [9.17, 15) is 0 Å². The molecule has 5 heteroatoms. The Bertz CT molecular complexity index is 453. The smallest absolute Gasteiger partial charge is 0.0564 e. The van der Waals surface area contributed by atoms with E-state index in [4.69, 9.17) is 5.73 Å². The van der Waals surface area contributed by atoms with Crippen molar-refractivity contribution in [1.82, 2.24) is 4.90 Å². The zero-order valence-electron chi connectivity index (χ0n) is 9.60. The molecule has 2 nitrogen and oxygen atoms in total. The Morgan fingerprint density at radius 1 is 1.47 bits per heavy atom. The van der Waals surface area contributed by atoms with E-state index in [1.165, 1.54) is 9.75 Å². The van der Waals surface area contributed by atoms with Crippen molar-refractivity contribution in [2.75, 3.05) is 13.6 Å². The first-order chi connectivity index (χ1) is 8.20. The van der Waals surface area contributed by atoms with Gasteiger partial charge in [-0.25, -0.2) is 0 Å². The third-order valence-corrected chi connectivity index (χ3v) is 5.31. The van der Waals surface area contributed by atoms with Crippen molar-refractivity contribution in [1.29, 1.82) is 0 Å². The Morgan fingerprint density at radius 2 is 2.29 bits per heavy atom. The van der Waals surface area contributed by atoms with Crippen molar-refractivity contribution in [3.8, 4) is 0 Å². The summed E-state index contributed by atoms with van der Waals surface area (Å²) in [5, 5.41) is 4.22. The van der Waals surface area contributed by atoms with Crippen LogP contribution in [0.2, 0.25) is 0 Å². The summed E-state index contributed by atoms with van der Waals surface area (Å²) in [6.45, 7) is 1.60. The van der Waals surface area contributed by atoms with Crippen molar-refractivity contribution in [3.63, 3.8) is 0 Å². The quantitative estimate of drug-likeness (QED) is 0.905. The molecule has 92 valence electrons. The Kier molecular flexibility index (Phi) is 4.76. The van der Waals surface area contributed by atoms with Crippen LogP contribution < -0.4 is 5.73 Å². The van der Waals surface area contributed by atoms with Gasteiger partial charge in [0.1, 0.15) is 0 Å². The molecule has 0 saturated carbocycles. The van der Waals surface area contributed by atoms with Crippen LogP contribution in [0.3, 0.4) is 0 Å². The molecule has 1 unspecified atom stereocenters. The predicted octanol–water partition coefficient (Wildman–Crippen LogP) is 3.70. The van der Waals surface area contributed by atoms with E-state index in [2.05, 4.69) is 56.8 Å². The molecule has 2 aromatic rings. The molecule has 1 atom stereocenters. The highest BCUT2D eigenvalue weighted by molar-refractivity contribution is 9.10. The molecule has 0 aliphatic carbocycles. The molecular weight excluding hydrogens is 316 g/mol. The first-order valence-electron chi connectivity index (χ1n) is 5.37. The normalized spacial score (nSPS) is 13.2. The van der Waals surface area contributed by atoms with E-state index in [1.54, 1.807) is 22.7 Å². The van der Waals surface area contributed by atoms with Gasteiger partial charge in [0.2, 0.25) is 0 Å². The molecule has 0 bridgehead atoms. The predicted molar refractivity (Wildman–Crippen MR) is 79.6 cm³/mol. The molecule has 2 rings (SSSR count). The van der Waals surface area contributed by atoms with Crippen molar-refractivity contribution in [2.24, 2.45) is 5.73 Å². The minimum atomic E-state index is 0.316. The lowest BCUT2D eigenvalue weighted by atomic mass is 10.2. The number of likely N-dealkylation sites (N-methyl/N-ethyl adjacent to an activating group) is 1. The van der Waals surface area contributed by atoms with Crippen LogP contribution in [0.25, 0.3) is 0 Å². The molecule has 0 aliphatic heterocycles. The fraction of sp³-hybridized carbons (Fsp3) is 0.333. The molecule has 2 aromatic heterocycles. The second kappa shape index (κ2) is 6.11. The Labute approximate surface area is 118 Å². The standard InChI is InChI=1S/C12H15BrN2S2/c1-15(7-10-5-9(13)8-17-10)11(6-14)12-3-2-4-16-12/h2-5,8,11H,6-7,14H2,1H3. The van der Waals surface area contributed by atoms with Gasteiger partial charge >= 0.3 is 0 Å². The summed E-state index contributed by atoms with van der Waals surface area (Å²) in [5.74, 6) is 0. The molecule has 0 fully saturated rings. The topological polar surface area (TPSA) is 29.3 Å². The van der Waals surface area contributed by atoms with Crippen LogP contribution in [0.1, 0.15) is 15.8 Å². The summed E-state index contributed by atoms with van der Waals surface area (Å²) >= 11 is 7.03. The number of hydrogen-bond acceptors (Lipinski definition) is 4. The zero-order valence-corrected chi connectivity index (χ0v) is 12.8. The van der Waals surface area contributed by atoms with Gasteiger partial charge in [-0.3, -0.25) is 4.90 Å². The molecule has 0 radical (unpaired) electrons. The van der Waals surface area contributed by atoms with Gasteiger partial charge in [0.25, 0.3) is 0 Å². The van der Waals surface area contributed by atoms with Gasteiger partial charge in [-0.15, -0.1) is 22.7 Å². The van der Waals surface area contributed by atoms with Gasteiger partial charge in [0, 0.05) is 32.7 Å². The maximum absolute atomic E-state index is 5.88. The van der Waals surface area contributed by atoms with E-state index >= 15 is 0 Å². The van der Waals surface area contributed by atoms with E-state index in [0.717, 1.165) is 11.0 Å². The monoisotopic (exact) mass is 330 g/mol. The SMILES string of the molecule is CN(Cc1cc(Br)cs1)C(CN)c1cccs1. The Morgan fingerprint density at radius 3 is 2.82 bits per heavy atom. The van der Waals surface area contributed by atoms with E-state index in [0.29, 0.717) is 12.6 Å². The van der Waals surface area contributed by atoms with Crippen molar-refractivity contribution < 1.29 is 0 Å². The van der Waals surface area contributed by atoms with Crippen LogP contribution >= 0.6 is 38.6 Å². The van der Waals surface area contributed by atoms with Crippen LogP contribution in [-0.2, 0) is 6.54 Å². The third-order valence-electron chi connectivity index (χ3n) is 2.65. The molecule has 2 heterocycles. The molecule has 0 saturated heterocycles. The number of thiophene rings is 2. The molecule has 0 aromatic carbocycles. The summed E-state index contributed by atoms with van der Waals surface area (Å²) < 4.78 is 1.16. The number of halogens is 1. The van der Waals surface area contributed by atoms with Crippen LogP contribution in [-0.4, -0.2) is 18.5 Å². The molecule has 0 aliphatic rings. The van der Waals surface area contributed by atoms with E-state index in [1.807, 2.05) is 0 Å². The molecule has 0 amide bonds.